The number of aliphatic imine (C=N–C) groups is 2. The number of fused-ring (bicyclic) bond motifs is 1. The summed E-state index contributed by atoms with van der Waals surface area (Å²) in [5, 5.41) is 2.66. The van der Waals surface area contributed by atoms with E-state index < -0.39 is 5.92 Å². The average molecular weight is 301 g/mol. The molecule has 0 fully saturated rings. The van der Waals surface area contributed by atoms with Crippen LogP contribution in [0.5, 0.6) is 0 Å². The fourth-order valence-electron chi connectivity index (χ4n) is 2.08. The van der Waals surface area contributed by atoms with E-state index in [4.69, 9.17) is 4.74 Å². The molecule has 108 valence electrons. The fraction of sp³-hybridized carbons (Fsp3) is 0.333. The number of amidine groups is 1. The van der Waals surface area contributed by atoms with Gasteiger partial charge in [0.1, 0.15) is 11.7 Å². The molecule has 0 bridgehead atoms. The van der Waals surface area contributed by atoms with Gasteiger partial charge in [0.2, 0.25) is 0 Å². The predicted molar refractivity (Wildman–Crippen MR) is 82.9 cm³/mol. The van der Waals surface area contributed by atoms with Crippen molar-refractivity contribution in [3.63, 3.8) is 0 Å². The number of aromatic nitrogens is 1. The Hall–Kier alpha value is -2.08. The third-order valence-electron chi connectivity index (χ3n) is 3.32. The number of hydrogen-bond donors (Lipinski definition) is 0. The van der Waals surface area contributed by atoms with E-state index in [1.807, 2.05) is 5.38 Å². The highest BCUT2D eigenvalue weighted by Gasteiger charge is 2.29. The van der Waals surface area contributed by atoms with Crippen molar-refractivity contribution in [1.29, 1.82) is 0 Å². The highest BCUT2D eigenvalue weighted by molar-refractivity contribution is 7.11. The van der Waals surface area contributed by atoms with Gasteiger partial charge in [-0.3, -0.25) is 4.79 Å². The van der Waals surface area contributed by atoms with Crippen molar-refractivity contribution < 1.29 is 9.53 Å². The number of carbonyl (C=O) groups excluding carboxylic acids is 1. The summed E-state index contributed by atoms with van der Waals surface area (Å²) in [7, 11) is 1.59. The summed E-state index contributed by atoms with van der Waals surface area (Å²) in [5.74, 6) is 0.801. The van der Waals surface area contributed by atoms with E-state index in [9.17, 15) is 4.79 Å². The molecular formula is C15H15N3O2S. The van der Waals surface area contributed by atoms with E-state index in [1.165, 1.54) is 11.3 Å². The van der Waals surface area contributed by atoms with Crippen molar-refractivity contribution in [2.75, 3.05) is 7.11 Å². The molecule has 1 aliphatic heterocycles. The number of amides is 1. The van der Waals surface area contributed by atoms with Gasteiger partial charge in [0.05, 0.1) is 18.5 Å². The van der Waals surface area contributed by atoms with Crippen LogP contribution in [0.15, 0.2) is 39.4 Å². The monoisotopic (exact) mass is 301 g/mol. The molecule has 3 rings (SSSR count). The summed E-state index contributed by atoms with van der Waals surface area (Å²) in [6.07, 6.45) is 5.30. The third-order valence-corrected chi connectivity index (χ3v) is 4.18. The number of rotatable bonds is 3. The first kappa shape index (κ1) is 13.9. The minimum absolute atomic E-state index is 0.209. The van der Waals surface area contributed by atoms with Gasteiger partial charge in [-0.1, -0.05) is 19.9 Å². The molecule has 6 heteroatoms. The minimum Gasteiger partial charge on any atom is -0.497 e. The van der Waals surface area contributed by atoms with Crippen LogP contribution in [0.4, 0.5) is 0 Å². The van der Waals surface area contributed by atoms with Crippen LogP contribution in [0.25, 0.3) is 0 Å². The molecule has 2 aliphatic rings. The number of thiazole rings is 1. The van der Waals surface area contributed by atoms with Gasteiger partial charge in [-0.15, -0.1) is 11.3 Å². The van der Waals surface area contributed by atoms with Gasteiger partial charge >= 0.3 is 0 Å². The van der Waals surface area contributed by atoms with Crippen LogP contribution >= 0.6 is 11.3 Å². The van der Waals surface area contributed by atoms with Crippen LogP contribution in [0.2, 0.25) is 0 Å². The maximum atomic E-state index is 12.1. The SMILES string of the molecule is COC1=CC2=NC(c3nc(C(C)C)cs3)=NC(=O)C2C=C1. The molecule has 0 saturated carbocycles. The summed E-state index contributed by atoms with van der Waals surface area (Å²) in [4.78, 5) is 25.2. The van der Waals surface area contributed by atoms with Crippen LogP contribution in [-0.2, 0) is 9.53 Å². The Bertz CT molecular complexity index is 710. The lowest BCUT2D eigenvalue weighted by Gasteiger charge is -2.18. The van der Waals surface area contributed by atoms with Crippen molar-refractivity contribution in [1.82, 2.24) is 4.98 Å². The van der Waals surface area contributed by atoms with E-state index in [2.05, 4.69) is 28.8 Å². The number of hydrogen-bond acceptors (Lipinski definition) is 5. The van der Waals surface area contributed by atoms with E-state index in [0.29, 0.717) is 28.2 Å². The van der Waals surface area contributed by atoms with Gasteiger partial charge in [-0.2, -0.15) is 4.99 Å². The minimum atomic E-state index is -0.405. The van der Waals surface area contributed by atoms with Gasteiger partial charge < -0.3 is 4.74 Å². The van der Waals surface area contributed by atoms with Crippen LogP contribution in [-0.4, -0.2) is 29.5 Å². The molecule has 0 spiro atoms. The van der Waals surface area contributed by atoms with Crippen LogP contribution in [0.1, 0.15) is 30.5 Å². The van der Waals surface area contributed by atoms with E-state index in [-0.39, 0.29) is 5.91 Å². The number of nitrogens with zero attached hydrogens (tertiary/aromatic N) is 3. The first-order chi connectivity index (χ1) is 10.1. The Morgan fingerprint density at radius 3 is 2.81 bits per heavy atom. The highest BCUT2D eigenvalue weighted by Crippen LogP contribution is 2.24. The van der Waals surface area contributed by atoms with Crippen molar-refractivity contribution in [3.05, 3.63) is 40.1 Å². The summed E-state index contributed by atoms with van der Waals surface area (Å²) < 4.78 is 5.18. The van der Waals surface area contributed by atoms with E-state index in [0.717, 1.165) is 5.69 Å². The van der Waals surface area contributed by atoms with Gasteiger partial charge in [-0.05, 0) is 12.0 Å². The molecule has 2 heterocycles. The number of allylic oxidation sites excluding steroid dienone is 2. The second kappa shape index (κ2) is 5.37. The Morgan fingerprint density at radius 1 is 1.33 bits per heavy atom. The molecule has 5 nitrogen and oxygen atoms in total. The second-order valence-corrected chi connectivity index (χ2v) is 5.99. The number of methoxy groups -OCH3 is 1. The number of ether oxygens (including phenoxy) is 1. The van der Waals surface area contributed by atoms with Gasteiger partial charge in [0.25, 0.3) is 5.91 Å². The molecule has 0 N–H and O–H groups in total. The quantitative estimate of drug-likeness (QED) is 0.862. The van der Waals surface area contributed by atoms with Crippen molar-refractivity contribution in [2.24, 2.45) is 15.9 Å². The zero-order valence-corrected chi connectivity index (χ0v) is 12.8. The normalized spacial score (nSPS) is 20.9. The maximum absolute atomic E-state index is 12.1. The molecule has 1 atom stereocenters. The largest absolute Gasteiger partial charge is 0.497 e. The Balaban J connectivity index is 1.97. The lowest BCUT2D eigenvalue weighted by Crippen LogP contribution is -2.28. The molecule has 1 aromatic heterocycles. The number of carbonyl (C=O) groups is 1. The van der Waals surface area contributed by atoms with Crippen molar-refractivity contribution >= 4 is 28.8 Å². The zero-order valence-electron chi connectivity index (χ0n) is 12.0. The second-order valence-electron chi connectivity index (χ2n) is 5.13. The molecule has 1 aliphatic carbocycles. The van der Waals surface area contributed by atoms with E-state index >= 15 is 0 Å². The Morgan fingerprint density at radius 2 is 2.14 bits per heavy atom. The Labute approximate surface area is 126 Å². The first-order valence-electron chi connectivity index (χ1n) is 6.69. The van der Waals surface area contributed by atoms with Crippen molar-refractivity contribution in [3.8, 4) is 0 Å². The summed E-state index contributed by atoms with van der Waals surface area (Å²) >= 11 is 1.46. The topological polar surface area (TPSA) is 63.9 Å². The molecule has 0 radical (unpaired) electrons. The Kier molecular flexibility index (Phi) is 3.55. The zero-order chi connectivity index (χ0) is 15.0. The van der Waals surface area contributed by atoms with Crippen LogP contribution in [0.3, 0.4) is 0 Å². The smallest absolute Gasteiger partial charge is 0.260 e. The van der Waals surface area contributed by atoms with E-state index in [1.54, 1.807) is 25.3 Å². The summed E-state index contributed by atoms with van der Waals surface area (Å²) in [6, 6.07) is 0. The van der Waals surface area contributed by atoms with Crippen LogP contribution < -0.4 is 0 Å². The predicted octanol–water partition coefficient (Wildman–Crippen LogP) is 2.71. The lowest BCUT2D eigenvalue weighted by molar-refractivity contribution is -0.118. The van der Waals surface area contributed by atoms with Gasteiger partial charge in [0.15, 0.2) is 10.8 Å². The lowest BCUT2D eigenvalue weighted by atomic mass is 9.96. The highest BCUT2D eigenvalue weighted by atomic mass is 32.1. The molecule has 1 amide bonds. The van der Waals surface area contributed by atoms with Crippen molar-refractivity contribution in [2.45, 2.75) is 19.8 Å². The van der Waals surface area contributed by atoms with Gasteiger partial charge in [0, 0.05) is 11.5 Å². The first-order valence-corrected chi connectivity index (χ1v) is 7.57. The fourth-order valence-corrected chi connectivity index (χ4v) is 2.99. The molecule has 0 saturated heterocycles. The third kappa shape index (κ3) is 2.58. The molecule has 0 aromatic carbocycles. The maximum Gasteiger partial charge on any atom is 0.260 e. The summed E-state index contributed by atoms with van der Waals surface area (Å²) in [6.45, 7) is 4.16. The average Bonchev–Trinajstić information content (AvgIpc) is 2.96. The molecular weight excluding hydrogens is 286 g/mol. The molecule has 1 unspecified atom stereocenters. The standard InChI is InChI=1S/C15H15N3O2S/c1-8(2)12-7-21-15(17-12)13-16-11-6-9(20-3)4-5-10(11)14(19)18-13/h4-8,10H,1-3H3. The molecule has 21 heavy (non-hydrogen) atoms. The van der Waals surface area contributed by atoms with Gasteiger partial charge in [-0.25, -0.2) is 9.98 Å². The summed E-state index contributed by atoms with van der Waals surface area (Å²) in [5.41, 5.74) is 1.65. The van der Waals surface area contributed by atoms with Crippen LogP contribution in [0, 0.1) is 5.92 Å². The molecule has 1 aromatic rings.